The van der Waals surface area contributed by atoms with Crippen molar-refractivity contribution in [2.24, 2.45) is 0 Å². The molecular formula is C20H23NO4. The first kappa shape index (κ1) is 18.5. The zero-order valence-electron chi connectivity index (χ0n) is 15.2. The van der Waals surface area contributed by atoms with E-state index in [4.69, 9.17) is 9.84 Å². The maximum Gasteiger partial charge on any atom is 0.341 e. The molecule has 0 heterocycles. The van der Waals surface area contributed by atoms with E-state index >= 15 is 0 Å². The van der Waals surface area contributed by atoms with Crippen LogP contribution in [0.15, 0.2) is 24.3 Å². The highest BCUT2D eigenvalue weighted by atomic mass is 16.5. The normalized spacial score (nSPS) is 10.4. The van der Waals surface area contributed by atoms with E-state index in [-0.39, 0.29) is 5.91 Å². The van der Waals surface area contributed by atoms with Crippen molar-refractivity contribution in [3.63, 3.8) is 0 Å². The summed E-state index contributed by atoms with van der Waals surface area (Å²) in [6, 6.07) is 7.47. The van der Waals surface area contributed by atoms with E-state index in [1.807, 2.05) is 32.9 Å². The molecule has 0 unspecified atom stereocenters. The van der Waals surface area contributed by atoms with Gasteiger partial charge < -0.3 is 15.2 Å². The SMILES string of the molecule is Cc1cc(C)c(NC(=O)c2cc(C)c(OCC(=O)O)c(C)c2)c(C)c1. The van der Waals surface area contributed by atoms with Crippen molar-refractivity contribution in [1.29, 1.82) is 0 Å². The topological polar surface area (TPSA) is 75.6 Å². The van der Waals surface area contributed by atoms with Crippen molar-refractivity contribution in [3.05, 3.63) is 57.6 Å². The lowest BCUT2D eigenvalue weighted by Gasteiger charge is -2.15. The number of nitrogens with one attached hydrogen (secondary N) is 1. The van der Waals surface area contributed by atoms with Crippen molar-refractivity contribution in [2.45, 2.75) is 34.6 Å². The van der Waals surface area contributed by atoms with Crippen LogP contribution in [-0.4, -0.2) is 23.6 Å². The molecule has 0 radical (unpaired) electrons. The molecule has 0 atom stereocenters. The second-order valence-electron chi connectivity index (χ2n) is 6.35. The zero-order valence-corrected chi connectivity index (χ0v) is 15.2. The van der Waals surface area contributed by atoms with E-state index in [1.54, 1.807) is 26.0 Å². The van der Waals surface area contributed by atoms with Crippen LogP contribution < -0.4 is 10.1 Å². The van der Waals surface area contributed by atoms with Gasteiger partial charge in [0.05, 0.1) is 0 Å². The lowest BCUT2D eigenvalue weighted by Crippen LogP contribution is -2.15. The van der Waals surface area contributed by atoms with Gasteiger partial charge in [-0.2, -0.15) is 0 Å². The highest BCUT2D eigenvalue weighted by molar-refractivity contribution is 6.05. The Hall–Kier alpha value is -2.82. The minimum Gasteiger partial charge on any atom is -0.481 e. The number of rotatable bonds is 5. The van der Waals surface area contributed by atoms with Crippen LogP contribution in [0.25, 0.3) is 0 Å². The number of anilines is 1. The summed E-state index contributed by atoms with van der Waals surface area (Å²) in [7, 11) is 0. The molecule has 0 saturated carbocycles. The van der Waals surface area contributed by atoms with Gasteiger partial charge in [-0.05, 0) is 69.0 Å². The largest absolute Gasteiger partial charge is 0.481 e. The van der Waals surface area contributed by atoms with Crippen LogP contribution >= 0.6 is 0 Å². The summed E-state index contributed by atoms with van der Waals surface area (Å²) in [5, 5.41) is 11.7. The summed E-state index contributed by atoms with van der Waals surface area (Å²) in [6.45, 7) is 9.14. The molecule has 2 rings (SSSR count). The molecule has 0 saturated heterocycles. The van der Waals surface area contributed by atoms with Gasteiger partial charge in [-0.15, -0.1) is 0 Å². The predicted molar refractivity (Wildman–Crippen MR) is 97.7 cm³/mol. The Morgan fingerprint density at radius 1 is 0.920 bits per heavy atom. The third-order valence-corrected chi connectivity index (χ3v) is 3.98. The summed E-state index contributed by atoms with van der Waals surface area (Å²) >= 11 is 0. The average molecular weight is 341 g/mol. The summed E-state index contributed by atoms with van der Waals surface area (Å²) in [5.74, 6) is -0.737. The quantitative estimate of drug-likeness (QED) is 0.863. The molecule has 132 valence electrons. The number of carboxylic acids is 1. The molecule has 0 aliphatic rings. The molecule has 0 aliphatic heterocycles. The molecular weight excluding hydrogens is 318 g/mol. The Bertz CT molecular complexity index is 794. The van der Waals surface area contributed by atoms with E-state index in [1.165, 1.54) is 0 Å². The van der Waals surface area contributed by atoms with Gasteiger partial charge in [0.1, 0.15) is 5.75 Å². The first-order chi connectivity index (χ1) is 11.7. The fourth-order valence-electron chi connectivity index (χ4n) is 3.01. The van der Waals surface area contributed by atoms with E-state index in [2.05, 4.69) is 5.32 Å². The minimum absolute atomic E-state index is 0.203. The number of hydrogen-bond acceptors (Lipinski definition) is 3. The Labute approximate surface area is 147 Å². The third kappa shape index (κ3) is 4.38. The van der Waals surface area contributed by atoms with Gasteiger partial charge in [0, 0.05) is 11.3 Å². The summed E-state index contributed by atoms with van der Waals surface area (Å²) in [5.41, 5.74) is 5.96. The van der Waals surface area contributed by atoms with Gasteiger partial charge in [-0.1, -0.05) is 17.7 Å². The molecule has 25 heavy (non-hydrogen) atoms. The van der Waals surface area contributed by atoms with Crippen molar-refractivity contribution < 1.29 is 19.4 Å². The van der Waals surface area contributed by atoms with Crippen molar-refractivity contribution >= 4 is 17.6 Å². The van der Waals surface area contributed by atoms with Crippen molar-refractivity contribution in [2.75, 3.05) is 11.9 Å². The van der Waals surface area contributed by atoms with E-state index < -0.39 is 12.6 Å². The van der Waals surface area contributed by atoms with Crippen LogP contribution in [0.4, 0.5) is 5.69 Å². The number of aryl methyl sites for hydroxylation is 5. The van der Waals surface area contributed by atoms with E-state index in [9.17, 15) is 9.59 Å². The molecule has 2 aromatic carbocycles. The Balaban J connectivity index is 2.27. The molecule has 5 heteroatoms. The van der Waals surface area contributed by atoms with Crippen LogP contribution in [0, 0.1) is 34.6 Å². The van der Waals surface area contributed by atoms with Crippen molar-refractivity contribution in [3.8, 4) is 5.75 Å². The molecule has 0 fully saturated rings. The van der Waals surface area contributed by atoms with Gasteiger partial charge in [0.15, 0.2) is 6.61 Å². The first-order valence-electron chi connectivity index (χ1n) is 8.04. The minimum atomic E-state index is -1.04. The lowest BCUT2D eigenvalue weighted by atomic mass is 10.0. The average Bonchev–Trinajstić information content (AvgIpc) is 2.49. The third-order valence-electron chi connectivity index (χ3n) is 3.98. The molecule has 1 amide bonds. The summed E-state index contributed by atoms with van der Waals surface area (Å²) < 4.78 is 5.30. The standard InChI is InChI=1S/C20H23NO4/c1-11-6-12(2)18(13(3)7-11)21-20(24)16-8-14(4)19(15(5)9-16)25-10-17(22)23/h6-9H,10H2,1-5H3,(H,21,24)(H,22,23). The van der Waals surface area contributed by atoms with E-state index in [0.717, 1.165) is 33.5 Å². The van der Waals surface area contributed by atoms with Crippen LogP contribution in [-0.2, 0) is 4.79 Å². The predicted octanol–water partition coefficient (Wildman–Crippen LogP) is 3.94. The van der Waals surface area contributed by atoms with Crippen LogP contribution in [0.3, 0.4) is 0 Å². The molecule has 0 spiro atoms. The fourth-order valence-corrected chi connectivity index (χ4v) is 3.01. The lowest BCUT2D eigenvalue weighted by molar-refractivity contribution is -0.139. The second-order valence-corrected chi connectivity index (χ2v) is 6.35. The molecule has 2 aromatic rings. The smallest absolute Gasteiger partial charge is 0.341 e. The van der Waals surface area contributed by atoms with Gasteiger partial charge in [-0.3, -0.25) is 4.79 Å². The molecule has 0 aliphatic carbocycles. The van der Waals surface area contributed by atoms with Crippen molar-refractivity contribution in [1.82, 2.24) is 0 Å². The summed E-state index contributed by atoms with van der Waals surface area (Å²) in [6.07, 6.45) is 0. The Morgan fingerprint density at radius 3 is 1.92 bits per heavy atom. The highest BCUT2D eigenvalue weighted by Crippen LogP contribution is 2.27. The molecule has 2 N–H and O–H groups in total. The monoisotopic (exact) mass is 341 g/mol. The van der Waals surface area contributed by atoms with Crippen LogP contribution in [0.2, 0.25) is 0 Å². The summed E-state index contributed by atoms with van der Waals surface area (Å²) in [4.78, 5) is 23.3. The molecule has 5 nitrogen and oxygen atoms in total. The number of carbonyl (C=O) groups excluding carboxylic acids is 1. The highest BCUT2D eigenvalue weighted by Gasteiger charge is 2.14. The number of aliphatic carboxylic acids is 1. The maximum atomic E-state index is 12.6. The number of amides is 1. The molecule has 0 aromatic heterocycles. The van der Waals surface area contributed by atoms with Crippen LogP contribution in [0.5, 0.6) is 5.75 Å². The van der Waals surface area contributed by atoms with E-state index in [0.29, 0.717) is 11.3 Å². The first-order valence-corrected chi connectivity index (χ1v) is 8.04. The zero-order chi connectivity index (χ0) is 18.7. The van der Waals surface area contributed by atoms with Gasteiger partial charge in [0.25, 0.3) is 5.91 Å². The number of carbonyl (C=O) groups is 2. The van der Waals surface area contributed by atoms with Gasteiger partial charge in [0.2, 0.25) is 0 Å². The van der Waals surface area contributed by atoms with Gasteiger partial charge in [-0.25, -0.2) is 4.79 Å². The number of ether oxygens (including phenoxy) is 1. The number of carboxylic acid groups (broad SMARTS) is 1. The Kier molecular flexibility index (Phi) is 5.47. The number of hydrogen-bond donors (Lipinski definition) is 2. The maximum absolute atomic E-state index is 12.6. The Morgan fingerprint density at radius 2 is 1.44 bits per heavy atom. The second kappa shape index (κ2) is 7.38. The van der Waals surface area contributed by atoms with Gasteiger partial charge >= 0.3 is 5.97 Å². The molecule has 0 bridgehead atoms. The number of benzene rings is 2. The fraction of sp³-hybridized carbons (Fsp3) is 0.300. The van der Waals surface area contributed by atoms with Crippen LogP contribution in [0.1, 0.15) is 38.2 Å².